The maximum Gasteiger partial charge on any atom is 0.137 e. The molecule has 1 nitrogen and oxygen atoms in total. The van der Waals surface area contributed by atoms with Gasteiger partial charge < -0.3 is 0 Å². The third-order valence-electron chi connectivity index (χ3n) is 4.77. The Balaban J connectivity index is 2.40. The number of likely N-dealkylation sites (N-methyl/N-ethyl adjacent to an activating group) is 1. The first kappa shape index (κ1) is 10.8. The molecule has 1 aliphatic heterocycles. The average Bonchev–Trinajstić information content (AvgIpc) is 2.51. The molecule has 1 aliphatic rings. The summed E-state index contributed by atoms with van der Waals surface area (Å²) < 4.78 is 1.00. The molecule has 88 valence electrons. The Bertz CT molecular complexity index is 583. The van der Waals surface area contributed by atoms with E-state index in [9.17, 15) is 0 Å². The van der Waals surface area contributed by atoms with Crippen LogP contribution in [0.2, 0.25) is 0 Å². The van der Waals surface area contributed by atoms with E-state index in [1.807, 2.05) is 0 Å². The minimum absolute atomic E-state index is 0.631. The average molecular weight is 226 g/mol. The molecular formula is C16H20N+. The number of benzene rings is 2. The lowest BCUT2D eigenvalue weighted by Gasteiger charge is -2.30. The van der Waals surface area contributed by atoms with Crippen molar-refractivity contribution in [2.45, 2.75) is 25.8 Å². The van der Waals surface area contributed by atoms with Gasteiger partial charge in [-0.15, -0.1) is 0 Å². The zero-order chi connectivity index (χ0) is 12.2. The van der Waals surface area contributed by atoms with Gasteiger partial charge in [-0.05, 0) is 23.8 Å². The Kier molecular flexibility index (Phi) is 2.11. The predicted molar refractivity (Wildman–Crippen MR) is 75.5 cm³/mol. The van der Waals surface area contributed by atoms with Crippen LogP contribution in [0.4, 0.5) is 5.69 Å². The van der Waals surface area contributed by atoms with Gasteiger partial charge >= 0.3 is 0 Å². The van der Waals surface area contributed by atoms with Gasteiger partial charge in [-0.2, -0.15) is 0 Å². The molecule has 0 aliphatic carbocycles. The minimum atomic E-state index is 0.631. The van der Waals surface area contributed by atoms with Gasteiger partial charge in [0.1, 0.15) is 5.69 Å². The van der Waals surface area contributed by atoms with E-state index >= 15 is 0 Å². The van der Waals surface area contributed by atoms with E-state index in [-0.39, 0.29) is 0 Å². The molecule has 2 aromatic carbocycles. The summed E-state index contributed by atoms with van der Waals surface area (Å²) >= 11 is 0. The highest BCUT2D eigenvalue weighted by Crippen LogP contribution is 2.46. The maximum atomic E-state index is 2.36. The van der Waals surface area contributed by atoms with Gasteiger partial charge in [0.25, 0.3) is 0 Å². The Morgan fingerprint density at radius 2 is 1.65 bits per heavy atom. The molecule has 1 heteroatoms. The fourth-order valence-electron chi connectivity index (χ4n) is 3.28. The Labute approximate surface area is 103 Å². The summed E-state index contributed by atoms with van der Waals surface area (Å²) in [6, 6.07) is 14.0. The first-order chi connectivity index (χ1) is 8.03. The van der Waals surface area contributed by atoms with Crippen LogP contribution in [0, 0.1) is 0 Å². The molecule has 0 N–H and O–H groups in total. The third-order valence-corrected chi connectivity index (χ3v) is 4.77. The van der Waals surface area contributed by atoms with E-state index in [1.54, 1.807) is 5.56 Å². The first-order valence-corrected chi connectivity index (χ1v) is 6.39. The summed E-state index contributed by atoms with van der Waals surface area (Å²) in [4.78, 5) is 0. The molecule has 0 radical (unpaired) electrons. The largest absolute Gasteiger partial charge is 0.293 e. The van der Waals surface area contributed by atoms with Gasteiger partial charge in [0.15, 0.2) is 0 Å². The monoisotopic (exact) mass is 226 g/mol. The standard InChI is InChI=1S/C16H20N/c1-11-12(2)17(3,4)15-10-9-13-7-5-6-8-14(13)16(11)15/h5-12H,1-4H3/q+1. The fourth-order valence-corrected chi connectivity index (χ4v) is 3.28. The topological polar surface area (TPSA) is 0 Å². The minimum Gasteiger partial charge on any atom is -0.293 e. The van der Waals surface area contributed by atoms with Crippen LogP contribution in [0.5, 0.6) is 0 Å². The number of fused-ring (bicyclic) bond motifs is 3. The highest BCUT2D eigenvalue weighted by Gasteiger charge is 2.43. The van der Waals surface area contributed by atoms with Crippen molar-refractivity contribution in [3.63, 3.8) is 0 Å². The molecule has 17 heavy (non-hydrogen) atoms. The molecule has 0 saturated heterocycles. The smallest absolute Gasteiger partial charge is 0.137 e. The van der Waals surface area contributed by atoms with Crippen molar-refractivity contribution in [2.75, 3.05) is 14.1 Å². The molecule has 2 aromatic rings. The molecule has 0 bridgehead atoms. The quantitative estimate of drug-likeness (QED) is 0.597. The first-order valence-electron chi connectivity index (χ1n) is 6.39. The van der Waals surface area contributed by atoms with Crippen LogP contribution in [0.25, 0.3) is 10.8 Å². The van der Waals surface area contributed by atoms with Gasteiger partial charge in [0, 0.05) is 17.5 Å². The van der Waals surface area contributed by atoms with Crippen molar-refractivity contribution in [1.82, 2.24) is 4.48 Å². The van der Waals surface area contributed by atoms with Crippen LogP contribution >= 0.6 is 0 Å². The highest BCUT2D eigenvalue weighted by atomic mass is 15.4. The van der Waals surface area contributed by atoms with Gasteiger partial charge in [-0.25, -0.2) is 0 Å². The molecule has 0 amide bonds. The number of rotatable bonds is 0. The van der Waals surface area contributed by atoms with Gasteiger partial charge in [-0.1, -0.05) is 31.2 Å². The maximum absolute atomic E-state index is 2.36. The van der Waals surface area contributed by atoms with E-state index in [4.69, 9.17) is 0 Å². The number of hydrogen-bond acceptors (Lipinski definition) is 0. The summed E-state index contributed by atoms with van der Waals surface area (Å²) in [6.07, 6.45) is 0. The second-order valence-electron chi connectivity index (χ2n) is 5.79. The molecule has 0 aromatic heterocycles. The van der Waals surface area contributed by atoms with Gasteiger partial charge in [0.2, 0.25) is 0 Å². The van der Waals surface area contributed by atoms with Crippen LogP contribution in [-0.2, 0) is 0 Å². The molecule has 0 fully saturated rings. The number of hydrogen-bond donors (Lipinski definition) is 0. The molecule has 1 heterocycles. The molecule has 0 spiro atoms. The van der Waals surface area contributed by atoms with Crippen molar-refractivity contribution < 1.29 is 0 Å². The van der Waals surface area contributed by atoms with Crippen LogP contribution in [0.1, 0.15) is 25.3 Å². The van der Waals surface area contributed by atoms with E-state index in [0.717, 1.165) is 4.48 Å². The summed E-state index contributed by atoms with van der Waals surface area (Å²) in [6.45, 7) is 4.72. The molecule has 3 rings (SSSR count). The van der Waals surface area contributed by atoms with Crippen LogP contribution in [-0.4, -0.2) is 20.1 Å². The second-order valence-corrected chi connectivity index (χ2v) is 5.79. The molecular weight excluding hydrogens is 206 g/mol. The summed E-state index contributed by atoms with van der Waals surface area (Å²) in [5, 5.41) is 2.81. The molecule has 2 atom stereocenters. The van der Waals surface area contributed by atoms with Crippen molar-refractivity contribution in [3.05, 3.63) is 42.0 Å². The normalized spacial score (nSPS) is 26.1. The highest BCUT2D eigenvalue weighted by molar-refractivity contribution is 5.91. The second kappa shape index (κ2) is 3.33. The lowest BCUT2D eigenvalue weighted by atomic mass is 9.93. The summed E-state index contributed by atoms with van der Waals surface area (Å²) in [5.74, 6) is 0.631. The van der Waals surface area contributed by atoms with Crippen LogP contribution in [0.15, 0.2) is 36.4 Å². The lowest BCUT2D eigenvalue weighted by molar-refractivity contribution is 0.312. The van der Waals surface area contributed by atoms with E-state index in [0.29, 0.717) is 12.0 Å². The Morgan fingerprint density at radius 1 is 0.941 bits per heavy atom. The third kappa shape index (κ3) is 1.29. The predicted octanol–water partition coefficient (Wildman–Crippen LogP) is 3.91. The zero-order valence-electron chi connectivity index (χ0n) is 11.1. The van der Waals surface area contributed by atoms with Crippen molar-refractivity contribution >= 4 is 16.5 Å². The van der Waals surface area contributed by atoms with E-state index in [2.05, 4.69) is 64.3 Å². The van der Waals surface area contributed by atoms with Crippen LogP contribution < -0.4 is 4.48 Å². The SMILES string of the molecule is CC1c2c(ccc3ccccc23)[N+](C)(C)C1C. The van der Waals surface area contributed by atoms with E-state index in [1.165, 1.54) is 16.5 Å². The summed E-state index contributed by atoms with van der Waals surface area (Å²) in [7, 11) is 4.64. The Hall–Kier alpha value is -1.34. The Morgan fingerprint density at radius 3 is 2.41 bits per heavy atom. The van der Waals surface area contributed by atoms with Crippen LogP contribution in [0.3, 0.4) is 0 Å². The van der Waals surface area contributed by atoms with E-state index < -0.39 is 0 Å². The molecule has 0 saturated carbocycles. The number of quaternary nitrogens is 1. The zero-order valence-corrected chi connectivity index (χ0v) is 11.1. The van der Waals surface area contributed by atoms with Gasteiger partial charge in [0.05, 0.1) is 20.1 Å². The van der Waals surface area contributed by atoms with Crippen molar-refractivity contribution in [3.8, 4) is 0 Å². The number of nitrogens with zero attached hydrogens (tertiary/aromatic N) is 1. The van der Waals surface area contributed by atoms with Crippen molar-refractivity contribution in [1.29, 1.82) is 0 Å². The lowest BCUT2D eigenvalue weighted by Crippen LogP contribution is -2.46. The summed E-state index contributed by atoms with van der Waals surface area (Å²) in [5.41, 5.74) is 3.05. The molecule has 2 unspecified atom stereocenters. The van der Waals surface area contributed by atoms with Gasteiger partial charge in [-0.3, -0.25) is 4.48 Å². The fraction of sp³-hybridized carbons (Fsp3) is 0.375. The van der Waals surface area contributed by atoms with Crippen molar-refractivity contribution in [2.24, 2.45) is 0 Å².